The molecule has 90 valence electrons. The van der Waals surface area contributed by atoms with Crippen LogP contribution in [0, 0.1) is 0 Å². The van der Waals surface area contributed by atoms with Crippen LogP contribution < -0.4 is 9.75 Å². The zero-order chi connectivity index (χ0) is 12.2. The highest BCUT2D eigenvalue weighted by molar-refractivity contribution is 6.75. The standard InChI is InChI=1S/C11H20NO3Si/c1-6-10-11(8-7-9-12(10)2)16(13-3,14-4)15-5/h7-9H,6H2,1-5H3/q+1. The third-order valence-electron chi connectivity index (χ3n) is 2.78. The molecule has 0 unspecified atom stereocenters. The summed E-state index contributed by atoms with van der Waals surface area (Å²) in [6.45, 7) is 2.11. The van der Waals surface area contributed by atoms with E-state index in [4.69, 9.17) is 13.3 Å². The Morgan fingerprint density at radius 1 is 1.19 bits per heavy atom. The lowest BCUT2D eigenvalue weighted by atomic mass is 10.3. The van der Waals surface area contributed by atoms with Gasteiger partial charge in [0.1, 0.15) is 7.05 Å². The normalized spacial score (nSPS) is 11.8. The maximum absolute atomic E-state index is 5.50. The molecule has 0 aliphatic carbocycles. The zero-order valence-electron chi connectivity index (χ0n) is 10.6. The predicted octanol–water partition coefficient (Wildman–Crippen LogP) is 0.159. The number of nitrogens with zero attached hydrogens (tertiary/aromatic N) is 1. The van der Waals surface area contributed by atoms with Gasteiger partial charge in [-0.1, -0.05) is 6.92 Å². The highest BCUT2D eigenvalue weighted by Crippen LogP contribution is 2.08. The maximum Gasteiger partial charge on any atom is 0.542 e. The van der Waals surface area contributed by atoms with Gasteiger partial charge in [0.05, 0.1) is 5.19 Å². The van der Waals surface area contributed by atoms with Crippen LogP contribution in [0.2, 0.25) is 0 Å². The molecular formula is C11H20NO3Si+. The van der Waals surface area contributed by atoms with Gasteiger partial charge in [-0.05, 0) is 6.07 Å². The van der Waals surface area contributed by atoms with E-state index in [9.17, 15) is 0 Å². The van der Waals surface area contributed by atoms with Crippen molar-refractivity contribution in [3.8, 4) is 0 Å². The summed E-state index contributed by atoms with van der Waals surface area (Å²) in [5.41, 5.74) is 1.18. The summed E-state index contributed by atoms with van der Waals surface area (Å²) in [7, 11) is 4.20. The Balaban J connectivity index is 3.34. The van der Waals surface area contributed by atoms with Crippen molar-refractivity contribution in [2.45, 2.75) is 13.3 Å². The van der Waals surface area contributed by atoms with Crippen LogP contribution in [0.5, 0.6) is 0 Å². The van der Waals surface area contributed by atoms with E-state index in [1.54, 1.807) is 21.3 Å². The van der Waals surface area contributed by atoms with Crippen molar-refractivity contribution in [3.63, 3.8) is 0 Å². The zero-order valence-corrected chi connectivity index (χ0v) is 11.6. The van der Waals surface area contributed by atoms with Gasteiger partial charge in [0.15, 0.2) is 11.9 Å². The van der Waals surface area contributed by atoms with E-state index in [1.807, 2.05) is 25.4 Å². The van der Waals surface area contributed by atoms with E-state index in [0.29, 0.717) is 0 Å². The molecule has 0 bridgehead atoms. The van der Waals surface area contributed by atoms with Gasteiger partial charge >= 0.3 is 8.80 Å². The van der Waals surface area contributed by atoms with E-state index >= 15 is 0 Å². The minimum absolute atomic E-state index is 0.914. The Morgan fingerprint density at radius 3 is 2.19 bits per heavy atom. The Hall–Kier alpha value is -0.753. The van der Waals surface area contributed by atoms with Crippen LogP contribution in [0.1, 0.15) is 12.6 Å². The van der Waals surface area contributed by atoms with E-state index in [0.717, 1.165) is 11.6 Å². The molecule has 1 rings (SSSR count). The van der Waals surface area contributed by atoms with Crippen LogP contribution in [0.4, 0.5) is 0 Å². The van der Waals surface area contributed by atoms with Gasteiger partial charge in [0.2, 0.25) is 0 Å². The lowest BCUT2D eigenvalue weighted by Gasteiger charge is -2.24. The van der Waals surface area contributed by atoms with Crippen molar-refractivity contribution in [2.24, 2.45) is 7.05 Å². The minimum Gasteiger partial charge on any atom is -0.373 e. The molecule has 0 amide bonds. The lowest BCUT2D eigenvalue weighted by molar-refractivity contribution is -0.678. The number of aryl methyl sites for hydroxylation is 1. The molecule has 0 aromatic carbocycles. The second-order valence-electron chi connectivity index (χ2n) is 3.50. The van der Waals surface area contributed by atoms with Crippen molar-refractivity contribution >= 4 is 14.0 Å². The van der Waals surface area contributed by atoms with Crippen molar-refractivity contribution in [3.05, 3.63) is 24.0 Å². The summed E-state index contributed by atoms with van der Waals surface area (Å²) < 4.78 is 18.6. The van der Waals surface area contributed by atoms with Gasteiger partial charge in [-0.3, -0.25) is 0 Å². The quantitative estimate of drug-likeness (QED) is 0.544. The van der Waals surface area contributed by atoms with Crippen LogP contribution in [0.3, 0.4) is 0 Å². The average Bonchev–Trinajstić information content (AvgIpc) is 2.32. The van der Waals surface area contributed by atoms with Gasteiger partial charge in [-0.2, -0.15) is 0 Å². The smallest absolute Gasteiger partial charge is 0.373 e. The highest BCUT2D eigenvalue weighted by atomic mass is 28.4. The second-order valence-corrected chi connectivity index (χ2v) is 6.38. The third-order valence-corrected chi connectivity index (χ3v) is 5.51. The topological polar surface area (TPSA) is 31.6 Å². The largest absolute Gasteiger partial charge is 0.542 e. The van der Waals surface area contributed by atoms with E-state index < -0.39 is 8.80 Å². The Morgan fingerprint density at radius 2 is 1.75 bits per heavy atom. The van der Waals surface area contributed by atoms with Crippen LogP contribution in [-0.2, 0) is 26.7 Å². The lowest BCUT2D eigenvalue weighted by Crippen LogP contribution is -2.59. The highest BCUT2D eigenvalue weighted by Gasteiger charge is 2.45. The fourth-order valence-electron chi connectivity index (χ4n) is 1.94. The molecule has 0 saturated heterocycles. The van der Waals surface area contributed by atoms with Gasteiger partial charge in [-0.25, -0.2) is 4.57 Å². The summed E-state index contributed by atoms with van der Waals surface area (Å²) in [6, 6.07) is 3.99. The van der Waals surface area contributed by atoms with Gasteiger partial charge in [0.25, 0.3) is 0 Å². The summed E-state index contributed by atoms with van der Waals surface area (Å²) in [5, 5.41) is 1.03. The molecule has 0 radical (unpaired) electrons. The van der Waals surface area contributed by atoms with Crippen molar-refractivity contribution < 1.29 is 17.8 Å². The van der Waals surface area contributed by atoms with Crippen LogP contribution in [0.25, 0.3) is 0 Å². The number of aromatic nitrogens is 1. The Kier molecular flexibility index (Phi) is 4.61. The van der Waals surface area contributed by atoms with E-state index in [1.165, 1.54) is 5.69 Å². The summed E-state index contributed by atoms with van der Waals surface area (Å²) in [6.07, 6.45) is 2.93. The van der Waals surface area contributed by atoms with Crippen molar-refractivity contribution in [1.29, 1.82) is 0 Å². The molecule has 1 aromatic rings. The average molecular weight is 242 g/mol. The summed E-state index contributed by atoms with van der Waals surface area (Å²) >= 11 is 0. The molecule has 0 fully saturated rings. The first-order chi connectivity index (χ1) is 7.65. The van der Waals surface area contributed by atoms with Gasteiger partial charge in [-0.15, -0.1) is 0 Å². The van der Waals surface area contributed by atoms with Crippen LogP contribution in [-0.4, -0.2) is 30.1 Å². The third kappa shape index (κ3) is 2.17. The molecule has 1 aromatic heterocycles. The first kappa shape index (κ1) is 13.3. The Bertz CT molecular complexity index is 345. The molecule has 1 heterocycles. The molecule has 16 heavy (non-hydrogen) atoms. The first-order valence-corrected chi connectivity index (χ1v) is 7.01. The van der Waals surface area contributed by atoms with E-state index in [2.05, 4.69) is 11.5 Å². The molecule has 0 N–H and O–H groups in total. The molecular weight excluding hydrogens is 222 g/mol. The number of rotatable bonds is 5. The van der Waals surface area contributed by atoms with E-state index in [-0.39, 0.29) is 0 Å². The van der Waals surface area contributed by atoms with Crippen LogP contribution in [0.15, 0.2) is 18.3 Å². The molecule has 5 heteroatoms. The SMILES string of the molecule is CCc1c([Si](OC)(OC)OC)ccc[n+]1C. The monoisotopic (exact) mass is 242 g/mol. The first-order valence-electron chi connectivity index (χ1n) is 5.28. The van der Waals surface area contributed by atoms with Crippen LogP contribution >= 0.6 is 0 Å². The number of pyridine rings is 1. The minimum atomic E-state index is -2.71. The molecule has 4 nitrogen and oxygen atoms in total. The molecule has 0 atom stereocenters. The van der Waals surface area contributed by atoms with Crippen molar-refractivity contribution in [2.75, 3.05) is 21.3 Å². The predicted molar refractivity (Wildman–Crippen MR) is 63.4 cm³/mol. The van der Waals surface area contributed by atoms with Crippen molar-refractivity contribution in [1.82, 2.24) is 0 Å². The van der Waals surface area contributed by atoms with Gasteiger partial charge < -0.3 is 13.3 Å². The second kappa shape index (κ2) is 5.54. The molecule has 0 aliphatic heterocycles. The fourth-order valence-corrected chi connectivity index (χ4v) is 4.11. The number of hydrogen-bond donors (Lipinski definition) is 0. The van der Waals surface area contributed by atoms with Gasteiger partial charge in [0, 0.05) is 33.8 Å². The molecule has 0 aliphatic rings. The summed E-state index contributed by atoms with van der Waals surface area (Å²) in [5.74, 6) is 0. The molecule has 0 spiro atoms. The maximum atomic E-state index is 5.50. The number of hydrogen-bond acceptors (Lipinski definition) is 3. The summed E-state index contributed by atoms with van der Waals surface area (Å²) in [4.78, 5) is 0. The fraction of sp³-hybridized carbons (Fsp3) is 0.545. The Labute approximate surface area is 98.1 Å². The molecule has 0 saturated carbocycles.